The average molecular weight is 344 g/mol. The molecule has 2 aliphatic heterocycles. The van der Waals surface area contributed by atoms with Crippen LogP contribution in [0.25, 0.3) is 0 Å². The number of benzene rings is 1. The van der Waals surface area contributed by atoms with Crippen LogP contribution in [0.5, 0.6) is 0 Å². The van der Waals surface area contributed by atoms with Gasteiger partial charge in [0, 0.05) is 45.8 Å². The molecule has 0 atom stereocenters. The second kappa shape index (κ2) is 7.65. The number of hydrogen-bond donors (Lipinski definition) is 1. The van der Waals surface area contributed by atoms with Crippen LogP contribution in [0.4, 0.5) is 4.79 Å². The number of urea groups is 1. The van der Waals surface area contributed by atoms with Crippen molar-refractivity contribution < 1.29 is 14.4 Å². The van der Waals surface area contributed by atoms with Gasteiger partial charge in [0.05, 0.1) is 11.1 Å². The first kappa shape index (κ1) is 17.4. The van der Waals surface area contributed by atoms with E-state index in [-0.39, 0.29) is 17.8 Å². The van der Waals surface area contributed by atoms with E-state index in [1.165, 1.54) is 4.90 Å². The van der Waals surface area contributed by atoms with Gasteiger partial charge in [0.15, 0.2) is 0 Å². The van der Waals surface area contributed by atoms with Crippen molar-refractivity contribution in [3.05, 3.63) is 35.4 Å². The van der Waals surface area contributed by atoms with Crippen LogP contribution in [0, 0.1) is 0 Å². The highest BCUT2D eigenvalue weighted by molar-refractivity contribution is 6.21. The Labute approximate surface area is 147 Å². The minimum absolute atomic E-state index is 0.0122. The van der Waals surface area contributed by atoms with E-state index < -0.39 is 0 Å². The van der Waals surface area contributed by atoms with Crippen LogP contribution in [0.3, 0.4) is 0 Å². The summed E-state index contributed by atoms with van der Waals surface area (Å²) in [6, 6.07) is 6.93. The molecule has 0 saturated carbocycles. The van der Waals surface area contributed by atoms with Gasteiger partial charge in [-0.2, -0.15) is 0 Å². The van der Waals surface area contributed by atoms with Gasteiger partial charge in [-0.15, -0.1) is 0 Å². The molecule has 0 aromatic heterocycles. The van der Waals surface area contributed by atoms with Crippen molar-refractivity contribution in [1.82, 2.24) is 20.0 Å². The molecule has 2 aliphatic rings. The van der Waals surface area contributed by atoms with Gasteiger partial charge < -0.3 is 10.2 Å². The number of imide groups is 1. The Hall–Kier alpha value is -2.41. The standard InChI is InChI=1S/C18H24N4O3/c1-2-7-19-18(25)21-11-8-20(9-12-21)10-13-22-16(23)14-5-3-4-6-15(14)17(22)24/h3-6H,2,7-13H2,1H3,(H,19,25). The topological polar surface area (TPSA) is 73.0 Å². The molecule has 25 heavy (non-hydrogen) atoms. The lowest BCUT2D eigenvalue weighted by Crippen LogP contribution is -2.53. The Bertz CT molecular complexity index is 633. The van der Waals surface area contributed by atoms with Crippen LogP contribution < -0.4 is 5.32 Å². The van der Waals surface area contributed by atoms with Gasteiger partial charge in [-0.25, -0.2) is 4.79 Å². The van der Waals surface area contributed by atoms with Crippen LogP contribution in [0.2, 0.25) is 0 Å². The maximum atomic E-state index is 12.3. The molecule has 2 heterocycles. The molecule has 1 saturated heterocycles. The van der Waals surface area contributed by atoms with Crippen LogP contribution in [0.15, 0.2) is 24.3 Å². The Morgan fingerprint density at radius 3 is 2.16 bits per heavy atom. The molecule has 3 rings (SSSR count). The summed E-state index contributed by atoms with van der Waals surface area (Å²) in [6.45, 7) is 6.57. The first-order valence-electron chi connectivity index (χ1n) is 8.82. The van der Waals surface area contributed by atoms with Gasteiger partial charge in [-0.3, -0.25) is 19.4 Å². The van der Waals surface area contributed by atoms with Crippen molar-refractivity contribution in [2.75, 3.05) is 45.8 Å². The van der Waals surface area contributed by atoms with Crippen LogP contribution in [-0.4, -0.2) is 78.4 Å². The normalized spacial score (nSPS) is 17.8. The molecule has 0 bridgehead atoms. The second-order valence-electron chi connectivity index (χ2n) is 6.37. The minimum Gasteiger partial charge on any atom is -0.338 e. The van der Waals surface area contributed by atoms with Gasteiger partial charge in [-0.1, -0.05) is 19.1 Å². The van der Waals surface area contributed by atoms with Gasteiger partial charge in [0.1, 0.15) is 0 Å². The maximum absolute atomic E-state index is 12.3. The van der Waals surface area contributed by atoms with Crippen molar-refractivity contribution in [3.8, 4) is 0 Å². The van der Waals surface area contributed by atoms with E-state index in [4.69, 9.17) is 0 Å². The summed E-state index contributed by atoms with van der Waals surface area (Å²) in [5.41, 5.74) is 0.981. The highest BCUT2D eigenvalue weighted by Crippen LogP contribution is 2.22. The zero-order valence-corrected chi connectivity index (χ0v) is 14.5. The van der Waals surface area contributed by atoms with Crippen LogP contribution >= 0.6 is 0 Å². The van der Waals surface area contributed by atoms with Gasteiger partial charge in [-0.05, 0) is 18.6 Å². The summed E-state index contributed by atoms with van der Waals surface area (Å²) in [6.07, 6.45) is 0.923. The molecule has 1 aromatic carbocycles. The fourth-order valence-corrected chi connectivity index (χ4v) is 3.20. The monoisotopic (exact) mass is 344 g/mol. The predicted octanol–water partition coefficient (Wildman–Crippen LogP) is 1.02. The SMILES string of the molecule is CCCNC(=O)N1CCN(CCN2C(=O)c3ccccc3C2=O)CC1. The molecular formula is C18H24N4O3. The first-order valence-corrected chi connectivity index (χ1v) is 8.82. The molecule has 4 amide bonds. The number of rotatable bonds is 5. The summed E-state index contributed by atoms with van der Waals surface area (Å²) in [5.74, 6) is -0.420. The summed E-state index contributed by atoms with van der Waals surface area (Å²) in [4.78, 5) is 42.0. The summed E-state index contributed by atoms with van der Waals surface area (Å²) < 4.78 is 0. The first-order chi connectivity index (χ1) is 12.1. The lowest BCUT2D eigenvalue weighted by atomic mass is 10.1. The Kier molecular flexibility index (Phi) is 5.33. The molecule has 0 spiro atoms. The molecule has 7 nitrogen and oxygen atoms in total. The molecule has 0 unspecified atom stereocenters. The third-order valence-corrected chi connectivity index (χ3v) is 4.70. The number of carbonyl (C=O) groups is 3. The Balaban J connectivity index is 1.47. The fraction of sp³-hybridized carbons (Fsp3) is 0.500. The number of amides is 4. The lowest BCUT2D eigenvalue weighted by molar-refractivity contribution is 0.0623. The molecule has 1 N–H and O–H groups in total. The van der Waals surface area contributed by atoms with Crippen molar-refractivity contribution in [2.45, 2.75) is 13.3 Å². The molecule has 134 valence electrons. The molecular weight excluding hydrogens is 320 g/mol. The van der Waals surface area contributed by atoms with Crippen molar-refractivity contribution in [2.24, 2.45) is 0 Å². The number of carbonyl (C=O) groups excluding carboxylic acids is 3. The number of nitrogens with zero attached hydrogens (tertiary/aromatic N) is 3. The van der Waals surface area contributed by atoms with Gasteiger partial charge in [0.2, 0.25) is 0 Å². The van der Waals surface area contributed by atoms with E-state index in [0.717, 1.165) is 19.5 Å². The van der Waals surface area contributed by atoms with Crippen molar-refractivity contribution in [3.63, 3.8) is 0 Å². The smallest absolute Gasteiger partial charge is 0.317 e. The molecule has 1 aromatic rings. The minimum atomic E-state index is -0.210. The van der Waals surface area contributed by atoms with Gasteiger partial charge >= 0.3 is 6.03 Å². The predicted molar refractivity (Wildman–Crippen MR) is 93.5 cm³/mol. The summed E-state index contributed by atoms with van der Waals surface area (Å²) in [5, 5.41) is 2.89. The van der Waals surface area contributed by atoms with Crippen LogP contribution in [-0.2, 0) is 0 Å². The summed E-state index contributed by atoms with van der Waals surface area (Å²) >= 11 is 0. The number of nitrogens with one attached hydrogen (secondary N) is 1. The fourth-order valence-electron chi connectivity index (χ4n) is 3.20. The van der Waals surface area contributed by atoms with Crippen LogP contribution in [0.1, 0.15) is 34.1 Å². The van der Waals surface area contributed by atoms with Crippen molar-refractivity contribution in [1.29, 1.82) is 0 Å². The largest absolute Gasteiger partial charge is 0.338 e. The van der Waals surface area contributed by atoms with E-state index in [9.17, 15) is 14.4 Å². The summed E-state index contributed by atoms with van der Waals surface area (Å²) in [7, 11) is 0. The van der Waals surface area contributed by atoms with E-state index in [2.05, 4.69) is 10.2 Å². The third-order valence-electron chi connectivity index (χ3n) is 4.70. The quantitative estimate of drug-likeness (QED) is 0.810. The zero-order valence-electron chi connectivity index (χ0n) is 14.5. The average Bonchev–Trinajstić information content (AvgIpc) is 2.89. The molecule has 7 heteroatoms. The van der Waals surface area contributed by atoms with E-state index >= 15 is 0 Å². The Morgan fingerprint density at radius 2 is 1.60 bits per heavy atom. The number of piperazine rings is 1. The van der Waals surface area contributed by atoms with E-state index in [1.807, 2.05) is 11.8 Å². The molecule has 1 fully saturated rings. The van der Waals surface area contributed by atoms with E-state index in [1.54, 1.807) is 24.3 Å². The maximum Gasteiger partial charge on any atom is 0.317 e. The third kappa shape index (κ3) is 3.66. The number of hydrogen-bond acceptors (Lipinski definition) is 4. The molecule has 0 aliphatic carbocycles. The lowest BCUT2D eigenvalue weighted by Gasteiger charge is -2.35. The second-order valence-corrected chi connectivity index (χ2v) is 6.37. The Morgan fingerprint density at radius 1 is 1.00 bits per heavy atom. The van der Waals surface area contributed by atoms with E-state index in [0.29, 0.717) is 43.9 Å². The molecule has 0 radical (unpaired) electrons. The highest BCUT2D eigenvalue weighted by atomic mass is 16.2. The van der Waals surface area contributed by atoms with Crippen molar-refractivity contribution >= 4 is 17.8 Å². The zero-order chi connectivity index (χ0) is 17.8. The van der Waals surface area contributed by atoms with Gasteiger partial charge in [0.25, 0.3) is 11.8 Å². The number of fused-ring (bicyclic) bond motifs is 1. The highest BCUT2D eigenvalue weighted by Gasteiger charge is 2.35.